The number of amides is 3. The van der Waals surface area contributed by atoms with Crippen LogP contribution in [0.4, 0.5) is 16.5 Å². The monoisotopic (exact) mass is 731 g/mol. The Labute approximate surface area is 299 Å². The van der Waals surface area contributed by atoms with Crippen LogP contribution in [0.25, 0.3) is 17.3 Å². The van der Waals surface area contributed by atoms with Gasteiger partial charge < -0.3 is 16.0 Å². The van der Waals surface area contributed by atoms with Crippen LogP contribution in [0.15, 0.2) is 113 Å². The first-order valence-electron chi connectivity index (χ1n) is 14.7. The summed E-state index contributed by atoms with van der Waals surface area (Å²) in [6, 6.07) is 26.1. The first-order chi connectivity index (χ1) is 23.6. The molecular formula is C35H27Cl2N5O5S2. The summed E-state index contributed by atoms with van der Waals surface area (Å²) in [6.07, 6.45) is 1.95. The second-order valence-electron chi connectivity index (χ2n) is 10.4. The van der Waals surface area contributed by atoms with Crippen LogP contribution in [0.1, 0.15) is 29.3 Å². The number of halogens is 2. The minimum atomic E-state index is -0.616. The smallest absolute Gasteiger partial charge is 0.272 e. The molecule has 3 N–H and O–H groups in total. The highest BCUT2D eigenvalue weighted by molar-refractivity contribution is 8.00. The third kappa shape index (κ3) is 9.55. The molecular weight excluding hydrogens is 705 g/mol. The number of aromatic nitrogens is 1. The number of carbonyl (C=O) groups excluding carboxylic acids is 3. The van der Waals surface area contributed by atoms with Crippen molar-refractivity contribution in [2.45, 2.75) is 23.5 Å². The third-order valence-corrected chi connectivity index (χ3v) is 9.58. The molecule has 248 valence electrons. The van der Waals surface area contributed by atoms with Gasteiger partial charge in [-0.25, -0.2) is 4.98 Å². The lowest BCUT2D eigenvalue weighted by Crippen LogP contribution is -2.30. The lowest BCUT2D eigenvalue weighted by molar-refractivity contribution is -0.384. The van der Waals surface area contributed by atoms with Crippen molar-refractivity contribution in [2.75, 3.05) is 10.6 Å². The maximum Gasteiger partial charge on any atom is 0.272 e. The van der Waals surface area contributed by atoms with Gasteiger partial charge in [-0.2, -0.15) is 0 Å². The molecule has 5 rings (SSSR count). The summed E-state index contributed by atoms with van der Waals surface area (Å²) in [4.78, 5) is 55.5. The molecule has 14 heteroatoms. The van der Waals surface area contributed by atoms with Crippen molar-refractivity contribution in [3.63, 3.8) is 0 Å². The molecule has 49 heavy (non-hydrogen) atoms. The molecule has 0 saturated heterocycles. The number of hydrogen-bond acceptors (Lipinski definition) is 8. The van der Waals surface area contributed by atoms with E-state index in [1.165, 1.54) is 53.4 Å². The Morgan fingerprint density at radius 3 is 2.41 bits per heavy atom. The predicted molar refractivity (Wildman–Crippen MR) is 196 cm³/mol. The first kappa shape index (κ1) is 35.3. The highest BCUT2D eigenvalue weighted by Crippen LogP contribution is 2.33. The third-order valence-electron chi connectivity index (χ3n) is 6.92. The molecule has 0 bridgehead atoms. The molecule has 0 saturated carbocycles. The van der Waals surface area contributed by atoms with Gasteiger partial charge in [0.25, 0.3) is 17.5 Å². The summed E-state index contributed by atoms with van der Waals surface area (Å²) in [5.41, 5.74) is 2.38. The van der Waals surface area contributed by atoms with E-state index >= 15 is 0 Å². The van der Waals surface area contributed by atoms with Crippen molar-refractivity contribution in [2.24, 2.45) is 0 Å². The SMILES string of the molecule is CCC(Sc1cccc(NC(=O)/C(=C\c2ccc([N+](=O)[O-])cc2)NC(=O)c2ccccc2)c1)C(=O)Nc1nc(-c2ccc(Cl)cc2Cl)cs1. The van der Waals surface area contributed by atoms with E-state index in [9.17, 15) is 24.5 Å². The van der Waals surface area contributed by atoms with Crippen LogP contribution in [-0.2, 0) is 9.59 Å². The van der Waals surface area contributed by atoms with Crippen LogP contribution in [0.5, 0.6) is 0 Å². The van der Waals surface area contributed by atoms with Crippen molar-refractivity contribution < 1.29 is 19.3 Å². The van der Waals surface area contributed by atoms with Gasteiger partial charge in [-0.1, -0.05) is 54.4 Å². The Balaban J connectivity index is 1.29. The Morgan fingerprint density at radius 2 is 1.71 bits per heavy atom. The number of nitro groups is 1. The van der Waals surface area contributed by atoms with Gasteiger partial charge in [-0.05, 0) is 78.7 Å². The molecule has 1 aromatic heterocycles. The molecule has 0 aliphatic heterocycles. The molecule has 1 unspecified atom stereocenters. The maximum atomic E-state index is 13.5. The van der Waals surface area contributed by atoms with Gasteiger partial charge in [-0.15, -0.1) is 23.1 Å². The number of thioether (sulfide) groups is 1. The van der Waals surface area contributed by atoms with E-state index < -0.39 is 22.0 Å². The van der Waals surface area contributed by atoms with Crippen molar-refractivity contribution in [3.8, 4) is 11.3 Å². The number of non-ortho nitro benzene ring substituents is 1. The minimum Gasteiger partial charge on any atom is -0.321 e. The van der Waals surface area contributed by atoms with Gasteiger partial charge in [0.15, 0.2) is 5.13 Å². The van der Waals surface area contributed by atoms with Crippen molar-refractivity contribution >= 4 is 86.6 Å². The van der Waals surface area contributed by atoms with Crippen molar-refractivity contribution in [1.82, 2.24) is 10.3 Å². The van der Waals surface area contributed by atoms with E-state index in [1.807, 2.05) is 13.0 Å². The van der Waals surface area contributed by atoms with Gasteiger partial charge >= 0.3 is 0 Å². The Morgan fingerprint density at radius 1 is 0.959 bits per heavy atom. The molecule has 0 fully saturated rings. The topological polar surface area (TPSA) is 143 Å². The number of anilines is 2. The minimum absolute atomic E-state index is 0.0747. The number of hydrogen-bond donors (Lipinski definition) is 3. The number of thiazole rings is 1. The molecule has 0 aliphatic carbocycles. The Hall–Kier alpha value is -5.01. The lowest BCUT2D eigenvalue weighted by Gasteiger charge is -2.15. The first-order valence-corrected chi connectivity index (χ1v) is 17.2. The summed E-state index contributed by atoms with van der Waals surface area (Å²) >= 11 is 14.9. The number of nitrogens with one attached hydrogen (secondary N) is 3. The second kappa shape index (κ2) is 16.4. The van der Waals surface area contributed by atoms with Crippen LogP contribution in [0, 0.1) is 10.1 Å². The van der Waals surface area contributed by atoms with E-state index in [-0.39, 0.29) is 17.3 Å². The highest BCUT2D eigenvalue weighted by Gasteiger charge is 2.21. The number of carbonyl (C=O) groups is 3. The molecule has 1 atom stereocenters. The average Bonchev–Trinajstić information content (AvgIpc) is 3.55. The zero-order valence-electron chi connectivity index (χ0n) is 25.7. The largest absolute Gasteiger partial charge is 0.321 e. The average molecular weight is 733 g/mol. The molecule has 10 nitrogen and oxygen atoms in total. The molecule has 0 aliphatic rings. The molecule has 0 radical (unpaired) electrons. The standard InChI is InChI=1S/C35H27Cl2N5O5S2/c1-2-31(34(45)41-35-40-30(20-48-35)27-16-13-23(36)18-28(27)37)49-26-10-6-9-24(19-26)38-33(44)29(39-32(43)22-7-4-3-5-8-22)17-21-11-14-25(15-12-21)42(46)47/h3-20,31H,2H2,1H3,(H,38,44)(H,39,43)(H,40,41,45)/b29-17+. The van der Waals surface area contributed by atoms with Gasteiger partial charge in [0.2, 0.25) is 5.91 Å². The Bertz CT molecular complexity index is 2040. The van der Waals surface area contributed by atoms with Crippen molar-refractivity contribution in [1.29, 1.82) is 0 Å². The zero-order chi connectivity index (χ0) is 34.9. The quantitative estimate of drug-likeness (QED) is 0.0503. The van der Waals surface area contributed by atoms with Gasteiger partial charge in [0.05, 0.1) is 20.9 Å². The van der Waals surface area contributed by atoms with Crippen LogP contribution in [0.3, 0.4) is 0 Å². The Kier molecular flexibility index (Phi) is 11.8. The van der Waals surface area contributed by atoms with Crippen LogP contribution in [0.2, 0.25) is 10.0 Å². The van der Waals surface area contributed by atoms with E-state index in [4.69, 9.17) is 23.2 Å². The maximum absolute atomic E-state index is 13.5. The van der Waals surface area contributed by atoms with E-state index in [0.717, 1.165) is 4.90 Å². The summed E-state index contributed by atoms with van der Waals surface area (Å²) in [5, 5.41) is 22.2. The van der Waals surface area contributed by atoms with E-state index in [1.54, 1.807) is 72.1 Å². The molecule has 0 spiro atoms. The van der Waals surface area contributed by atoms with E-state index in [0.29, 0.717) is 49.7 Å². The fourth-order valence-corrected chi connectivity index (χ4v) is 6.70. The molecule has 3 amide bonds. The van der Waals surface area contributed by atoms with Crippen molar-refractivity contribution in [3.05, 3.63) is 139 Å². The molecule has 4 aromatic carbocycles. The highest BCUT2D eigenvalue weighted by atomic mass is 35.5. The zero-order valence-corrected chi connectivity index (χ0v) is 28.8. The molecule has 1 heterocycles. The van der Waals surface area contributed by atoms with Gasteiger partial charge in [0.1, 0.15) is 5.70 Å². The lowest BCUT2D eigenvalue weighted by atomic mass is 10.1. The van der Waals surface area contributed by atoms with Crippen LogP contribution in [-0.4, -0.2) is 32.9 Å². The second-order valence-corrected chi connectivity index (χ2v) is 13.4. The number of nitrogens with zero attached hydrogens (tertiary/aromatic N) is 2. The fraction of sp³-hybridized carbons (Fsp3) is 0.0857. The summed E-state index contributed by atoms with van der Waals surface area (Å²) < 4.78 is 0. The predicted octanol–water partition coefficient (Wildman–Crippen LogP) is 8.94. The normalized spacial score (nSPS) is 11.8. The van der Waals surface area contributed by atoms with E-state index in [2.05, 4.69) is 20.9 Å². The summed E-state index contributed by atoms with van der Waals surface area (Å²) in [6.45, 7) is 1.90. The summed E-state index contributed by atoms with van der Waals surface area (Å²) in [7, 11) is 0. The number of benzene rings is 4. The number of rotatable bonds is 12. The van der Waals surface area contributed by atoms with Gasteiger partial charge in [0, 0.05) is 44.2 Å². The summed E-state index contributed by atoms with van der Waals surface area (Å²) in [5.74, 6) is -1.36. The van der Waals surface area contributed by atoms with Crippen LogP contribution >= 0.6 is 46.3 Å². The fourth-order valence-electron chi connectivity index (χ4n) is 4.47. The number of nitro benzene ring substituents is 1. The van der Waals surface area contributed by atoms with Gasteiger partial charge in [-0.3, -0.25) is 24.5 Å². The molecule has 5 aromatic rings. The van der Waals surface area contributed by atoms with Crippen LogP contribution < -0.4 is 16.0 Å².